The minimum atomic E-state index is -0.238. The number of amides is 1. The van der Waals surface area contributed by atoms with E-state index in [2.05, 4.69) is 21.2 Å². The van der Waals surface area contributed by atoms with Crippen molar-refractivity contribution in [3.05, 3.63) is 75.1 Å². The van der Waals surface area contributed by atoms with E-state index >= 15 is 0 Å². The number of benzene rings is 2. The summed E-state index contributed by atoms with van der Waals surface area (Å²) in [5.74, 6) is 0.0322. The third-order valence-corrected chi connectivity index (χ3v) is 5.54. The van der Waals surface area contributed by atoms with Crippen LogP contribution in [0.5, 0.6) is 0 Å². The lowest BCUT2D eigenvalue weighted by Crippen LogP contribution is -2.23. The zero-order chi connectivity index (χ0) is 18.7. The van der Waals surface area contributed by atoms with Gasteiger partial charge in [-0.3, -0.25) is 14.3 Å². The molecule has 3 aromatic rings. The Morgan fingerprint density at radius 3 is 2.42 bits per heavy atom. The van der Waals surface area contributed by atoms with Crippen LogP contribution in [0, 0.1) is 6.92 Å². The van der Waals surface area contributed by atoms with Gasteiger partial charge in [0.1, 0.15) is 5.69 Å². The number of carbonyl (C=O) groups is 1. The van der Waals surface area contributed by atoms with Crippen molar-refractivity contribution in [3.8, 4) is 5.69 Å². The maximum atomic E-state index is 12.8. The fraction of sp³-hybridized carbons (Fsp3) is 0.158. The minimum absolute atomic E-state index is 0.205. The van der Waals surface area contributed by atoms with E-state index in [0.29, 0.717) is 11.4 Å². The highest BCUT2D eigenvalue weighted by molar-refractivity contribution is 9.10. The maximum absolute atomic E-state index is 12.8. The van der Waals surface area contributed by atoms with Gasteiger partial charge in [0.05, 0.1) is 17.1 Å². The first-order valence-corrected chi connectivity index (χ1v) is 9.77. The zero-order valence-corrected chi connectivity index (χ0v) is 16.8. The first-order valence-electron chi connectivity index (χ1n) is 7.99. The van der Waals surface area contributed by atoms with Gasteiger partial charge in [-0.25, -0.2) is 4.68 Å². The fourth-order valence-corrected chi connectivity index (χ4v) is 3.53. The first kappa shape index (κ1) is 18.5. The number of nitrogens with zero attached hydrogens (tertiary/aromatic N) is 2. The van der Waals surface area contributed by atoms with Crippen LogP contribution in [0.1, 0.15) is 5.69 Å². The predicted molar refractivity (Wildman–Crippen MR) is 109 cm³/mol. The quantitative estimate of drug-likeness (QED) is 0.621. The van der Waals surface area contributed by atoms with Gasteiger partial charge < -0.3 is 5.32 Å². The zero-order valence-electron chi connectivity index (χ0n) is 14.4. The molecule has 134 valence electrons. The van der Waals surface area contributed by atoms with Gasteiger partial charge >= 0.3 is 0 Å². The number of carbonyl (C=O) groups excluding carboxylic acids is 1. The Morgan fingerprint density at radius 2 is 1.77 bits per heavy atom. The molecule has 1 aromatic heterocycles. The summed E-state index contributed by atoms with van der Waals surface area (Å²) < 4.78 is 4.29. The number of hydrogen-bond acceptors (Lipinski definition) is 3. The van der Waals surface area contributed by atoms with Gasteiger partial charge in [0.15, 0.2) is 0 Å². The van der Waals surface area contributed by atoms with Crippen LogP contribution in [0.15, 0.2) is 68.8 Å². The highest BCUT2D eigenvalue weighted by atomic mass is 79.9. The van der Waals surface area contributed by atoms with Crippen LogP contribution >= 0.6 is 27.7 Å². The molecule has 1 N–H and O–H groups in total. The number of halogens is 1. The van der Waals surface area contributed by atoms with Crippen LogP contribution in [0.25, 0.3) is 5.69 Å². The third kappa shape index (κ3) is 3.94. The normalized spacial score (nSPS) is 10.7. The molecule has 5 nitrogen and oxygen atoms in total. The van der Waals surface area contributed by atoms with E-state index in [0.717, 1.165) is 15.1 Å². The van der Waals surface area contributed by atoms with Crippen molar-refractivity contribution < 1.29 is 4.79 Å². The molecule has 3 rings (SSSR count). The lowest BCUT2D eigenvalue weighted by atomic mass is 10.3. The largest absolute Gasteiger partial charge is 0.319 e. The topological polar surface area (TPSA) is 56.0 Å². The SMILES string of the molecule is Cc1c(NC(=O)CSc2ccc(Br)cc2)c(=O)n(-c2ccccc2)n1C. The molecule has 0 aliphatic heterocycles. The van der Waals surface area contributed by atoms with Gasteiger partial charge in [-0.2, -0.15) is 0 Å². The number of rotatable bonds is 5. The van der Waals surface area contributed by atoms with Gasteiger partial charge in [-0.05, 0) is 43.3 Å². The number of hydrogen-bond donors (Lipinski definition) is 1. The van der Waals surface area contributed by atoms with Crippen molar-refractivity contribution in [1.82, 2.24) is 9.36 Å². The standard InChI is InChI=1S/C19H18BrN3O2S/c1-13-18(19(25)23(22(13)2)15-6-4-3-5-7-15)21-17(24)12-26-16-10-8-14(20)9-11-16/h3-11H,12H2,1-2H3,(H,21,24). The highest BCUT2D eigenvalue weighted by Gasteiger charge is 2.18. The second-order valence-corrected chi connectivity index (χ2v) is 7.69. The lowest BCUT2D eigenvalue weighted by molar-refractivity contribution is -0.113. The van der Waals surface area contributed by atoms with Gasteiger partial charge in [0, 0.05) is 16.4 Å². The van der Waals surface area contributed by atoms with E-state index in [1.165, 1.54) is 11.8 Å². The summed E-state index contributed by atoms with van der Waals surface area (Å²) in [5, 5.41) is 2.77. The van der Waals surface area contributed by atoms with Crippen molar-refractivity contribution >= 4 is 39.3 Å². The Bertz CT molecular complexity index is 979. The van der Waals surface area contributed by atoms with Crippen molar-refractivity contribution in [2.75, 3.05) is 11.1 Å². The van der Waals surface area contributed by atoms with E-state index in [1.807, 2.05) is 61.5 Å². The smallest absolute Gasteiger partial charge is 0.295 e. The number of anilines is 1. The molecule has 0 saturated carbocycles. The third-order valence-electron chi connectivity index (χ3n) is 4.00. The summed E-state index contributed by atoms with van der Waals surface area (Å²) in [4.78, 5) is 26.1. The Labute approximate surface area is 164 Å². The average molecular weight is 432 g/mol. The summed E-state index contributed by atoms with van der Waals surface area (Å²) >= 11 is 4.81. The molecule has 0 aliphatic carbocycles. The lowest BCUT2D eigenvalue weighted by Gasteiger charge is -2.07. The second kappa shape index (κ2) is 7.97. The molecule has 0 spiro atoms. The Morgan fingerprint density at radius 1 is 1.12 bits per heavy atom. The molecule has 2 aromatic carbocycles. The summed E-state index contributed by atoms with van der Waals surface area (Å²) in [6, 6.07) is 17.1. The summed E-state index contributed by atoms with van der Waals surface area (Å²) in [5.41, 5.74) is 1.55. The van der Waals surface area contributed by atoms with Gasteiger partial charge in [-0.1, -0.05) is 34.1 Å². The number of para-hydroxylation sites is 1. The van der Waals surface area contributed by atoms with Gasteiger partial charge in [0.2, 0.25) is 5.91 Å². The molecule has 0 unspecified atom stereocenters. The first-order chi connectivity index (χ1) is 12.5. The molecule has 0 fully saturated rings. The number of aromatic nitrogens is 2. The van der Waals surface area contributed by atoms with Crippen molar-refractivity contribution in [1.29, 1.82) is 0 Å². The Hall–Kier alpha value is -2.25. The average Bonchev–Trinajstić information content (AvgIpc) is 2.85. The van der Waals surface area contributed by atoms with Gasteiger partial charge in [0.25, 0.3) is 5.56 Å². The molecule has 0 saturated heterocycles. The fourth-order valence-electron chi connectivity index (χ4n) is 2.57. The molecule has 0 aliphatic rings. The summed E-state index contributed by atoms with van der Waals surface area (Å²) in [7, 11) is 1.80. The Balaban J connectivity index is 1.76. The highest BCUT2D eigenvalue weighted by Crippen LogP contribution is 2.21. The number of thioether (sulfide) groups is 1. The van der Waals surface area contributed by atoms with Crippen molar-refractivity contribution in [2.24, 2.45) is 7.05 Å². The molecule has 0 atom stereocenters. The van der Waals surface area contributed by atoms with E-state index < -0.39 is 0 Å². The molecular formula is C19H18BrN3O2S. The van der Waals surface area contributed by atoms with E-state index in [1.54, 1.807) is 16.4 Å². The summed E-state index contributed by atoms with van der Waals surface area (Å²) in [6.07, 6.45) is 0. The minimum Gasteiger partial charge on any atom is -0.319 e. The van der Waals surface area contributed by atoms with Crippen LogP contribution in [-0.2, 0) is 11.8 Å². The molecule has 7 heteroatoms. The van der Waals surface area contributed by atoms with Crippen LogP contribution < -0.4 is 10.9 Å². The molecule has 1 heterocycles. The molecule has 1 amide bonds. The Kier molecular flexibility index (Phi) is 5.68. The maximum Gasteiger partial charge on any atom is 0.295 e. The van der Waals surface area contributed by atoms with Crippen LogP contribution in [0.3, 0.4) is 0 Å². The van der Waals surface area contributed by atoms with Crippen molar-refractivity contribution in [3.63, 3.8) is 0 Å². The molecule has 0 bridgehead atoms. The summed E-state index contributed by atoms with van der Waals surface area (Å²) in [6.45, 7) is 1.82. The molecular weight excluding hydrogens is 414 g/mol. The van der Waals surface area contributed by atoms with Gasteiger partial charge in [-0.15, -0.1) is 11.8 Å². The van der Waals surface area contributed by atoms with Crippen molar-refractivity contribution in [2.45, 2.75) is 11.8 Å². The monoisotopic (exact) mass is 431 g/mol. The van der Waals surface area contributed by atoms with Crippen LogP contribution in [0.2, 0.25) is 0 Å². The van der Waals surface area contributed by atoms with Crippen LogP contribution in [-0.4, -0.2) is 21.0 Å². The van der Waals surface area contributed by atoms with Crippen LogP contribution in [0.4, 0.5) is 5.69 Å². The predicted octanol–water partition coefficient (Wildman–Crippen LogP) is 3.98. The molecule has 0 radical (unpaired) electrons. The van der Waals surface area contributed by atoms with E-state index in [4.69, 9.17) is 0 Å². The van der Waals surface area contributed by atoms with E-state index in [-0.39, 0.29) is 17.2 Å². The van der Waals surface area contributed by atoms with E-state index in [9.17, 15) is 9.59 Å². The number of nitrogens with one attached hydrogen (secondary N) is 1. The molecule has 26 heavy (non-hydrogen) atoms. The second-order valence-electron chi connectivity index (χ2n) is 5.73.